The Hall–Kier alpha value is -2.46. The lowest BCUT2D eigenvalue weighted by Crippen LogP contribution is -1.99. The van der Waals surface area contributed by atoms with Crippen LogP contribution >= 0.6 is 0 Å². The van der Waals surface area contributed by atoms with E-state index in [1.54, 1.807) is 24.5 Å². The Bertz CT molecular complexity index is 921. The van der Waals surface area contributed by atoms with Gasteiger partial charge >= 0.3 is 0 Å². The van der Waals surface area contributed by atoms with E-state index in [0.29, 0.717) is 16.7 Å². The molecule has 22 heavy (non-hydrogen) atoms. The first-order chi connectivity index (χ1) is 10.6. The van der Waals surface area contributed by atoms with Gasteiger partial charge in [0.15, 0.2) is 5.43 Å². The molecule has 2 aromatic carbocycles. The average Bonchev–Trinajstić information content (AvgIpc) is 2.53. The van der Waals surface area contributed by atoms with Crippen LogP contribution in [0.3, 0.4) is 0 Å². The van der Waals surface area contributed by atoms with Crippen molar-refractivity contribution in [3.8, 4) is 0 Å². The van der Waals surface area contributed by atoms with Crippen LogP contribution in [-0.4, -0.2) is 10.5 Å². The molecular formula is C18H14O3S. The molecule has 0 fully saturated rings. The van der Waals surface area contributed by atoms with Crippen LogP contribution in [0.2, 0.25) is 0 Å². The Morgan fingerprint density at radius 3 is 2.45 bits per heavy atom. The van der Waals surface area contributed by atoms with Gasteiger partial charge in [-0.2, -0.15) is 0 Å². The van der Waals surface area contributed by atoms with Gasteiger partial charge in [0.05, 0.1) is 5.39 Å². The van der Waals surface area contributed by atoms with Gasteiger partial charge < -0.3 is 4.42 Å². The summed E-state index contributed by atoms with van der Waals surface area (Å²) in [5, 5.41) is 0.578. The van der Waals surface area contributed by atoms with Crippen molar-refractivity contribution >= 4 is 33.9 Å². The third-order valence-corrected chi connectivity index (χ3v) is 4.24. The van der Waals surface area contributed by atoms with Gasteiger partial charge in [-0.3, -0.25) is 9.00 Å². The van der Waals surface area contributed by atoms with Crippen LogP contribution in [0.5, 0.6) is 0 Å². The van der Waals surface area contributed by atoms with E-state index >= 15 is 0 Å². The molecule has 0 aliphatic heterocycles. The van der Waals surface area contributed by atoms with Gasteiger partial charge in [-0.25, -0.2) is 0 Å². The highest BCUT2D eigenvalue weighted by atomic mass is 32.2. The lowest BCUT2D eigenvalue weighted by atomic mass is 10.2. The summed E-state index contributed by atoms with van der Waals surface area (Å²) < 4.78 is 17.0. The molecule has 0 spiro atoms. The second kappa shape index (κ2) is 6.12. The topological polar surface area (TPSA) is 47.3 Å². The van der Waals surface area contributed by atoms with E-state index in [1.807, 2.05) is 42.5 Å². The van der Waals surface area contributed by atoms with Crippen LogP contribution in [0.4, 0.5) is 0 Å². The van der Waals surface area contributed by atoms with Crippen molar-refractivity contribution in [2.75, 3.05) is 6.26 Å². The second-order valence-corrected chi connectivity index (χ2v) is 6.25. The number of fused-ring (bicyclic) bond motifs is 1. The van der Waals surface area contributed by atoms with Gasteiger partial charge in [0.1, 0.15) is 11.3 Å². The van der Waals surface area contributed by atoms with Crippen molar-refractivity contribution < 1.29 is 8.63 Å². The Morgan fingerprint density at radius 1 is 1.00 bits per heavy atom. The highest BCUT2D eigenvalue weighted by Gasteiger charge is 2.01. The zero-order valence-electron chi connectivity index (χ0n) is 12.0. The fourth-order valence-corrected chi connectivity index (χ4v) is 2.67. The molecule has 1 aromatic heterocycles. The molecular weight excluding hydrogens is 296 g/mol. The highest BCUT2D eigenvalue weighted by molar-refractivity contribution is 7.84. The molecule has 0 saturated carbocycles. The maximum absolute atomic E-state index is 12.0. The Balaban J connectivity index is 1.92. The summed E-state index contributed by atoms with van der Waals surface area (Å²) in [6.45, 7) is 0. The largest absolute Gasteiger partial charge is 0.456 e. The number of hydrogen-bond acceptors (Lipinski definition) is 3. The van der Waals surface area contributed by atoms with Gasteiger partial charge in [0.2, 0.25) is 0 Å². The summed E-state index contributed by atoms with van der Waals surface area (Å²) in [5.41, 5.74) is 1.47. The Labute approximate surface area is 130 Å². The van der Waals surface area contributed by atoms with Gasteiger partial charge in [0.25, 0.3) is 0 Å². The van der Waals surface area contributed by atoms with E-state index in [1.165, 1.54) is 6.07 Å². The van der Waals surface area contributed by atoms with E-state index in [0.717, 1.165) is 10.5 Å². The predicted molar refractivity (Wildman–Crippen MR) is 90.2 cm³/mol. The first kappa shape index (κ1) is 14.5. The second-order valence-electron chi connectivity index (χ2n) is 4.87. The third kappa shape index (κ3) is 3.07. The van der Waals surface area contributed by atoms with E-state index < -0.39 is 10.8 Å². The summed E-state index contributed by atoms with van der Waals surface area (Å²) in [6.07, 6.45) is 5.26. The predicted octanol–water partition coefficient (Wildman–Crippen LogP) is 3.70. The first-order valence-electron chi connectivity index (χ1n) is 6.78. The maximum atomic E-state index is 12.0. The quantitative estimate of drug-likeness (QED) is 0.741. The third-order valence-electron chi connectivity index (χ3n) is 3.31. The molecule has 3 nitrogen and oxygen atoms in total. The zero-order chi connectivity index (χ0) is 15.5. The molecule has 0 N–H and O–H groups in total. The minimum atomic E-state index is -0.980. The van der Waals surface area contributed by atoms with Gasteiger partial charge in [-0.15, -0.1) is 0 Å². The standard InChI is InChI=1S/C18H14O3S/c1-22(20)15-10-7-13(8-11-15)6-9-14-12-17(19)16-4-2-3-5-18(16)21-14/h2-12H,1H3/b9-6+. The van der Waals surface area contributed by atoms with Crippen molar-refractivity contribution in [3.05, 3.63) is 76.1 Å². The van der Waals surface area contributed by atoms with Crippen LogP contribution in [-0.2, 0) is 10.8 Å². The summed E-state index contributed by atoms with van der Waals surface area (Å²) in [7, 11) is -0.980. The fourth-order valence-electron chi connectivity index (χ4n) is 2.15. The van der Waals surface area contributed by atoms with E-state index in [-0.39, 0.29) is 5.43 Å². The maximum Gasteiger partial charge on any atom is 0.193 e. The van der Waals surface area contributed by atoms with Crippen molar-refractivity contribution in [1.82, 2.24) is 0 Å². The van der Waals surface area contributed by atoms with E-state index in [4.69, 9.17) is 4.42 Å². The van der Waals surface area contributed by atoms with E-state index in [9.17, 15) is 9.00 Å². The lowest BCUT2D eigenvalue weighted by Gasteiger charge is -1.99. The number of benzene rings is 2. The number of para-hydroxylation sites is 1. The molecule has 0 radical (unpaired) electrons. The van der Waals surface area contributed by atoms with Gasteiger partial charge in [-0.05, 0) is 35.9 Å². The molecule has 1 heterocycles. The van der Waals surface area contributed by atoms with Crippen molar-refractivity contribution in [1.29, 1.82) is 0 Å². The smallest absolute Gasteiger partial charge is 0.193 e. The van der Waals surface area contributed by atoms with Crippen LogP contribution in [0.25, 0.3) is 23.1 Å². The van der Waals surface area contributed by atoms with Crippen LogP contribution < -0.4 is 5.43 Å². The molecule has 0 aliphatic carbocycles. The van der Waals surface area contributed by atoms with Crippen LogP contribution in [0, 0.1) is 0 Å². The molecule has 0 bridgehead atoms. The van der Waals surface area contributed by atoms with E-state index in [2.05, 4.69) is 0 Å². The molecule has 110 valence electrons. The summed E-state index contributed by atoms with van der Waals surface area (Å²) in [6, 6.07) is 16.1. The molecule has 0 saturated heterocycles. The summed E-state index contributed by atoms with van der Waals surface area (Å²) in [4.78, 5) is 12.8. The summed E-state index contributed by atoms with van der Waals surface area (Å²) in [5.74, 6) is 0.506. The fraction of sp³-hybridized carbons (Fsp3) is 0.0556. The highest BCUT2D eigenvalue weighted by Crippen LogP contribution is 2.15. The minimum Gasteiger partial charge on any atom is -0.456 e. The molecule has 1 atom stereocenters. The number of hydrogen-bond donors (Lipinski definition) is 0. The molecule has 4 heteroatoms. The molecule has 3 aromatic rings. The molecule has 0 amide bonds. The number of rotatable bonds is 3. The SMILES string of the molecule is CS(=O)c1ccc(/C=C/c2cc(=O)c3ccccc3o2)cc1. The monoisotopic (exact) mass is 310 g/mol. The molecule has 0 aliphatic rings. The van der Waals surface area contributed by atoms with Crippen LogP contribution in [0.15, 0.2) is 68.7 Å². The summed E-state index contributed by atoms with van der Waals surface area (Å²) >= 11 is 0. The molecule has 1 unspecified atom stereocenters. The zero-order valence-corrected chi connectivity index (χ0v) is 12.8. The van der Waals surface area contributed by atoms with Gasteiger partial charge in [-0.1, -0.05) is 30.3 Å². The minimum absolute atomic E-state index is 0.0572. The van der Waals surface area contributed by atoms with Crippen molar-refractivity contribution in [3.63, 3.8) is 0 Å². The van der Waals surface area contributed by atoms with Crippen molar-refractivity contribution in [2.24, 2.45) is 0 Å². The first-order valence-corrected chi connectivity index (χ1v) is 8.34. The average molecular weight is 310 g/mol. The van der Waals surface area contributed by atoms with Crippen molar-refractivity contribution in [2.45, 2.75) is 4.90 Å². The molecule has 3 rings (SSSR count). The Morgan fingerprint density at radius 2 is 1.73 bits per heavy atom. The lowest BCUT2D eigenvalue weighted by molar-refractivity contribution is 0.591. The normalized spacial score (nSPS) is 12.8. The Kier molecular flexibility index (Phi) is 4.02. The van der Waals surface area contributed by atoms with Gasteiger partial charge in [0, 0.05) is 28.0 Å². The van der Waals surface area contributed by atoms with Crippen LogP contribution in [0.1, 0.15) is 11.3 Å².